The number of carbonyl (C=O) groups is 1. The zero-order chi connectivity index (χ0) is 22.6. The third kappa shape index (κ3) is 4.91. The van der Waals surface area contributed by atoms with Crippen molar-refractivity contribution in [2.75, 3.05) is 23.4 Å². The van der Waals surface area contributed by atoms with Crippen LogP contribution in [-0.4, -0.2) is 24.6 Å². The number of nitrogens with one attached hydrogen (secondary N) is 1. The van der Waals surface area contributed by atoms with Crippen LogP contribution >= 0.6 is 0 Å². The number of anilines is 2. The molecule has 1 aliphatic rings. The zero-order valence-electron chi connectivity index (χ0n) is 19.0. The van der Waals surface area contributed by atoms with Crippen molar-refractivity contribution >= 4 is 23.4 Å². The van der Waals surface area contributed by atoms with Crippen LogP contribution in [0.2, 0.25) is 0 Å². The number of fused-ring (bicyclic) bond motifs is 1. The van der Waals surface area contributed by atoms with E-state index >= 15 is 0 Å². The average molecular weight is 418 g/mol. The SMILES string of the molecule is CCOc1ccc(NC(=O)/C(C#N)=C\c2ccc3c(c2)C(C)CC(C)(C)N3CC)cc1. The van der Waals surface area contributed by atoms with Crippen molar-refractivity contribution in [2.24, 2.45) is 0 Å². The molecular weight excluding hydrogens is 386 g/mol. The van der Waals surface area contributed by atoms with Crippen molar-refractivity contribution in [3.8, 4) is 11.8 Å². The summed E-state index contributed by atoms with van der Waals surface area (Å²) in [5.74, 6) is 0.724. The third-order valence-corrected chi connectivity index (χ3v) is 5.83. The summed E-state index contributed by atoms with van der Waals surface area (Å²) in [6.07, 6.45) is 2.72. The van der Waals surface area contributed by atoms with Gasteiger partial charge in [-0.15, -0.1) is 0 Å². The Balaban J connectivity index is 1.83. The Bertz CT molecular complexity index is 1020. The Morgan fingerprint density at radius 1 is 1.26 bits per heavy atom. The molecular formula is C26H31N3O2. The van der Waals surface area contributed by atoms with Crippen molar-refractivity contribution in [3.63, 3.8) is 0 Å². The molecule has 1 N–H and O–H groups in total. The highest BCUT2D eigenvalue weighted by Gasteiger charge is 2.35. The Morgan fingerprint density at radius 2 is 1.97 bits per heavy atom. The largest absolute Gasteiger partial charge is 0.494 e. The first kappa shape index (κ1) is 22.4. The monoisotopic (exact) mass is 417 g/mol. The van der Waals surface area contributed by atoms with E-state index in [0.717, 1.165) is 24.3 Å². The van der Waals surface area contributed by atoms with Crippen LogP contribution in [0.25, 0.3) is 6.08 Å². The molecule has 31 heavy (non-hydrogen) atoms. The molecule has 0 saturated heterocycles. The van der Waals surface area contributed by atoms with Crippen LogP contribution in [0.5, 0.6) is 5.75 Å². The predicted molar refractivity (Wildman–Crippen MR) is 126 cm³/mol. The minimum absolute atomic E-state index is 0.0741. The van der Waals surface area contributed by atoms with Crippen molar-refractivity contribution in [2.45, 2.75) is 52.5 Å². The number of carbonyl (C=O) groups excluding carboxylic acids is 1. The first-order valence-corrected chi connectivity index (χ1v) is 10.9. The fraction of sp³-hybridized carbons (Fsp3) is 0.385. The van der Waals surface area contributed by atoms with Gasteiger partial charge in [0.15, 0.2) is 0 Å². The van der Waals surface area contributed by atoms with Gasteiger partial charge >= 0.3 is 0 Å². The van der Waals surface area contributed by atoms with Crippen LogP contribution in [0.1, 0.15) is 58.1 Å². The second kappa shape index (κ2) is 9.26. The van der Waals surface area contributed by atoms with E-state index in [1.54, 1.807) is 30.3 Å². The summed E-state index contributed by atoms with van der Waals surface area (Å²) in [6, 6.07) is 15.4. The topological polar surface area (TPSA) is 65.4 Å². The number of hydrogen-bond donors (Lipinski definition) is 1. The third-order valence-electron chi connectivity index (χ3n) is 5.83. The lowest BCUT2D eigenvalue weighted by Gasteiger charge is -2.47. The fourth-order valence-electron chi connectivity index (χ4n) is 4.51. The minimum atomic E-state index is -0.422. The molecule has 0 fully saturated rings. The van der Waals surface area contributed by atoms with Gasteiger partial charge in [0, 0.05) is 23.5 Å². The molecule has 5 nitrogen and oxygen atoms in total. The number of nitrogens with zero attached hydrogens (tertiary/aromatic N) is 2. The molecule has 2 aromatic rings. The van der Waals surface area contributed by atoms with Crippen LogP contribution < -0.4 is 15.0 Å². The summed E-state index contributed by atoms with van der Waals surface area (Å²) in [7, 11) is 0. The fourth-order valence-corrected chi connectivity index (χ4v) is 4.51. The van der Waals surface area contributed by atoms with E-state index in [4.69, 9.17) is 4.74 Å². The molecule has 0 aliphatic carbocycles. The molecule has 1 amide bonds. The van der Waals surface area contributed by atoms with Crippen LogP contribution in [0, 0.1) is 11.3 Å². The molecule has 1 unspecified atom stereocenters. The van der Waals surface area contributed by atoms with E-state index < -0.39 is 5.91 Å². The summed E-state index contributed by atoms with van der Waals surface area (Å²) < 4.78 is 5.42. The Kier molecular flexibility index (Phi) is 6.70. The van der Waals surface area contributed by atoms with Gasteiger partial charge in [-0.05, 0) is 93.6 Å². The van der Waals surface area contributed by atoms with Crippen LogP contribution in [0.3, 0.4) is 0 Å². The summed E-state index contributed by atoms with van der Waals surface area (Å²) in [6.45, 7) is 12.4. The van der Waals surface area contributed by atoms with Gasteiger partial charge in [0.25, 0.3) is 5.91 Å². The molecule has 0 radical (unpaired) electrons. The molecule has 1 aliphatic heterocycles. The van der Waals surface area contributed by atoms with Gasteiger partial charge in [-0.25, -0.2) is 0 Å². The van der Waals surface area contributed by atoms with Gasteiger partial charge in [0.2, 0.25) is 0 Å². The number of benzene rings is 2. The Hall–Kier alpha value is -3.26. The predicted octanol–water partition coefficient (Wildman–Crippen LogP) is 5.74. The molecule has 0 bridgehead atoms. The van der Waals surface area contributed by atoms with Gasteiger partial charge in [-0.1, -0.05) is 13.0 Å². The standard InChI is InChI=1S/C26H31N3O2/c1-6-29-24-13-8-19(15-23(24)18(3)16-26(29,4)5)14-20(17-27)25(30)28-21-9-11-22(12-10-21)31-7-2/h8-15,18H,6-7,16H2,1-5H3,(H,28,30)/b20-14-. The number of nitriles is 1. The first-order chi connectivity index (χ1) is 14.8. The van der Waals surface area contributed by atoms with E-state index in [0.29, 0.717) is 18.2 Å². The Labute approximate surface area is 185 Å². The maximum Gasteiger partial charge on any atom is 0.266 e. The Morgan fingerprint density at radius 3 is 2.58 bits per heavy atom. The molecule has 3 rings (SSSR count). The van der Waals surface area contributed by atoms with Gasteiger partial charge in [-0.3, -0.25) is 4.79 Å². The molecule has 0 spiro atoms. The molecule has 162 valence electrons. The minimum Gasteiger partial charge on any atom is -0.494 e. The summed E-state index contributed by atoms with van der Waals surface area (Å²) >= 11 is 0. The molecule has 2 aromatic carbocycles. The maximum atomic E-state index is 12.7. The van der Waals surface area contributed by atoms with E-state index in [1.165, 1.54) is 11.3 Å². The number of amides is 1. The lowest BCUT2D eigenvalue weighted by Crippen LogP contribution is -2.48. The molecule has 0 aromatic heterocycles. The number of rotatable bonds is 6. The van der Waals surface area contributed by atoms with Gasteiger partial charge in [0.1, 0.15) is 17.4 Å². The average Bonchev–Trinajstić information content (AvgIpc) is 2.73. The zero-order valence-corrected chi connectivity index (χ0v) is 19.0. The highest BCUT2D eigenvalue weighted by molar-refractivity contribution is 6.09. The molecule has 1 heterocycles. The first-order valence-electron chi connectivity index (χ1n) is 10.9. The highest BCUT2D eigenvalue weighted by atomic mass is 16.5. The van der Waals surface area contributed by atoms with Crippen molar-refractivity contribution in [3.05, 3.63) is 59.2 Å². The van der Waals surface area contributed by atoms with E-state index in [2.05, 4.69) is 50.0 Å². The van der Waals surface area contributed by atoms with Gasteiger partial charge in [0.05, 0.1) is 6.61 Å². The van der Waals surface area contributed by atoms with Crippen LogP contribution in [-0.2, 0) is 4.79 Å². The lowest BCUT2D eigenvalue weighted by atomic mass is 9.79. The van der Waals surface area contributed by atoms with Crippen LogP contribution in [0.4, 0.5) is 11.4 Å². The van der Waals surface area contributed by atoms with E-state index in [-0.39, 0.29) is 11.1 Å². The second-order valence-corrected chi connectivity index (χ2v) is 8.56. The molecule has 1 atom stereocenters. The molecule has 0 saturated carbocycles. The quantitative estimate of drug-likeness (QED) is 0.480. The maximum absolute atomic E-state index is 12.7. The number of ether oxygens (including phenoxy) is 1. The normalized spacial score (nSPS) is 17.5. The highest BCUT2D eigenvalue weighted by Crippen LogP contribution is 2.43. The van der Waals surface area contributed by atoms with E-state index in [9.17, 15) is 10.1 Å². The van der Waals surface area contributed by atoms with Crippen LogP contribution in [0.15, 0.2) is 48.0 Å². The second-order valence-electron chi connectivity index (χ2n) is 8.56. The van der Waals surface area contributed by atoms with Gasteiger partial charge < -0.3 is 15.0 Å². The van der Waals surface area contributed by atoms with Crippen molar-refractivity contribution < 1.29 is 9.53 Å². The lowest BCUT2D eigenvalue weighted by molar-refractivity contribution is -0.112. The summed E-state index contributed by atoms with van der Waals surface area (Å²) in [5, 5.41) is 12.4. The molecule has 5 heteroatoms. The smallest absolute Gasteiger partial charge is 0.266 e. The summed E-state index contributed by atoms with van der Waals surface area (Å²) in [5.41, 5.74) is 4.16. The summed E-state index contributed by atoms with van der Waals surface area (Å²) in [4.78, 5) is 15.1. The van der Waals surface area contributed by atoms with Crippen molar-refractivity contribution in [1.29, 1.82) is 5.26 Å². The number of hydrogen-bond acceptors (Lipinski definition) is 4. The van der Waals surface area contributed by atoms with Gasteiger partial charge in [-0.2, -0.15) is 5.26 Å². The van der Waals surface area contributed by atoms with E-state index in [1.807, 2.05) is 19.1 Å². The van der Waals surface area contributed by atoms with Crippen molar-refractivity contribution in [1.82, 2.24) is 0 Å².